The molecule has 0 spiro atoms. The molecule has 1 rings (SSSR count). The van der Waals surface area contributed by atoms with E-state index < -0.39 is 11.8 Å². The van der Waals surface area contributed by atoms with E-state index in [0.717, 1.165) is 9.13 Å². The van der Waals surface area contributed by atoms with Crippen molar-refractivity contribution in [2.45, 2.75) is 20.0 Å². The van der Waals surface area contributed by atoms with Gasteiger partial charge in [-0.05, 0) is 28.7 Å². The van der Waals surface area contributed by atoms with Crippen LogP contribution in [0.5, 0.6) is 0 Å². The molecular formula is C11H11IO3. The fourth-order valence-corrected chi connectivity index (χ4v) is 1.53. The average molecular weight is 318 g/mol. The molecule has 0 fully saturated rings. The molecule has 0 radical (unpaired) electrons. The highest BCUT2D eigenvalue weighted by atomic mass is 127. The molecule has 1 aromatic rings. The van der Waals surface area contributed by atoms with Gasteiger partial charge in [0.25, 0.3) is 0 Å². The largest absolute Gasteiger partial charge is 0.455 e. The van der Waals surface area contributed by atoms with Gasteiger partial charge < -0.3 is 4.74 Å². The molecule has 1 aromatic carbocycles. The molecule has 0 heterocycles. The number of ketones is 1. The van der Waals surface area contributed by atoms with Crippen LogP contribution >= 0.6 is 22.6 Å². The second-order valence-corrected chi connectivity index (χ2v) is 4.11. The number of benzene rings is 1. The number of hydrogen-bond donors (Lipinski definition) is 0. The zero-order valence-corrected chi connectivity index (χ0v) is 10.5. The SMILES string of the molecule is CCC(=O)C(=O)OCc1ccccc1I. The molecule has 0 aromatic heterocycles. The maximum atomic E-state index is 11.1. The van der Waals surface area contributed by atoms with Crippen molar-refractivity contribution in [2.24, 2.45) is 0 Å². The Kier molecular flexibility index (Phi) is 4.74. The van der Waals surface area contributed by atoms with Crippen molar-refractivity contribution in [1.29, 1.82) is 0 Å². The number of carbonyl (C=O) groups excluding carboxylic acids is 2. The summed E-state index contributed by atoms with van der Waals surface area (Å²) >= 11 is 2.16. The maximum absolute atomic E-state index is 11.1. The van der Waals surface area contributed by atoms with Crippen LogP contribution in [-0.4, -0.2) is 11.8 Å². The number of esters is 1. The Morgan fingerprint density at radius 2 is 2.00 bits per heavy atom. The Balaban J connectivity index is 2.54. The maximum Gasteiger partial charge on any atom is 0.374 e. The second kappa shape index (κ2) is 5.85. The third kappa shape index (κ3) is 3.62. The van der Waals surface area contributed by atoms with Gasteiger partial charge in [-0.1, -0.05) is 25.1 Å². The first-order valence-corrected chi connectivity index (χ1v) is 5.66. The van der Waals surface area contributed by atoms with Crippen molar-refractivity contribution in [3.05, 3.63) is 33.4 Å². The molecule has 0 aliphatic heterocycles. The predicted molar refractivity (Wildman–Crippen MR) is 64.3 cm³/mol. The van der Waals surface area contributed by atoms with Crippen LogP contribution in [0.2, 0.25) is 0 Å². The zero-order valence-electron chi connectivity index (χ0n) is 8.33. The molecule has 0 aliphatic carbocycles. The van der Waals surface area contributed by atoms with Crippen LogP contribution in [0.25, 0.3) is 0 Å². The third-order valence-electron chi connectivity index (χ3n) is 1.87. The number of rotatable bonds is 4. The molecule has 4 heteroatoms. The van der Waals surface area contributed by atoms with Gasteiger partial charge in [0.1, 0.15) is 6.61 Å². The normalized spacial score (nSPS) is 9.73. The molecule has 0 atom stereocenters. The van der Waals surface area contributed by atoms with E-state index in [0.29, 0.717) is 0 Å². The van der Waals surface area contributed by atoms with Gasteiger partial charge in [-0.2, -0.15) is 0 Å². The molecule has 0 bridgehead atoms. The summed E-state index contributed by atoms with van der Waals surface area (Å²) in [6.45, 7) is 1.79. The average Bonchev–Trinajstić information content (AvgIpc) is 2.26. The highest BCUT2D eigenvalue weighted by Crippen LogP contribution is 2.12. The second-order valence-electron chi connectivity index (χ2n) is 2.94. The standard InChI is InChI=1S/C11H11IO3/c1-2-10(13)11(14)15-7-8-5-3-4-6-9(8)12/h3-6H,2,7H2,1H3. The third-order valence-corrected chi connectivity index (χ3v) is 2.92. The molecular weight excluding hydrogens is 307 g/mol. The van der Waals surface area contributed by atoms with Crippen LogP contribution in [-0.2, 0) is 20.9 Å². The van der Waals surface area contributed by atoms with E-state index >= 15 is 0 Å². The van der Waals surface area contributed by atoms with Gasteiger partial charge in [-0.3, -0.25) is 4.79 Å². The van der Waals surface area contributed by atoms with Gasteiger partial charge in [0.2, 0.25) is 5.78 Å². The van der Waals surface area contributed by atoms with Crippen LogP contribution in [0.1, 0.15) is 18.9 Å². The Labute approximate surface area is 102 Å². The first-order valence-electron chi connectivity index (χ1n) is 4.58. The van der Waals surface area contributed by atoms with Gasteiger partial charge in [0.15, 0.2) is 0 Å². The van der Waals surface area contributed by atoms with E-state index in [-0.39, 0.29) is 13.0 Å². The number of Topliss-reactive ketones (excluding diaryl/α,β-unsaturated/α-hetero) is 1. The molecule has 0 aliphatic rings. The van der Waals surface area contributed by atoms with Crippen molar-refractivity contribution < 1.29 is 14.3 Å². The molecule has 15 heavy (non-hydrogen) atoms. The predicted octanol–water partition coefficient (Wildman–Crippen LogP) is 2.31. The monoisotopic (exact) mass is 318 g/mol. The van der Waals surface area contributed by atoms with Crippen molar-refractivity contribution in [3.8, 4) is 0 Å². The van der Waals surface area contributed by atoms with Gasteiger partial charge in [0, 0.05) is 15.6 Å². The van der Waals surface area contributed by atoms with E-state index in [4.69, 9.17) is 4.74 Å². The fraction of sp³-hybridized carbons (Fsp3) is 0.273. The minimum Gasteiger partial charge on any atom is -0.455 e. The summed E-state index contributed by atoms with van der Waals surface area (Å²) in [7, 11) is 0. The summed E-state index contributed by atoms with van der Waals surface area (Å²) in [6, 6.07) is 7.56. The number of carbonyl (C=O) groups is 2. The topological polar surface area (TPSA) is 43.4 Å². The molecule has 0 unspecified atom stereocenters. The van der Waals surface area contributed by atoms with E-state index in [1.165, 1.54) is 0 Å². The van der Waals surface area contributed by atoms with E-state index in [1.54, 1.807) is 6.92 Å². The lowest BCUT2D eigenvalue weighted by Gasteiger charge is -2.04. The molecule has 3 nitrogen and oxygen atoms in total. The smallest absolute Gasteiger partial charge is 0.374 e. The van der Waals surface area contributed by atoms with Crippen molar-refractivity contribution in [1.82, 2.24) is 0 Å². The van der Waals surface area contributed by atoms with Crippen molar-refractivity contribution in [3.63, 3.8) is 0 Å². The Morgan fingerprint density at radius 1 is 1.33 bits per heavy atom. The van der Waals surface area contributed by atoms with Crippen LogP contribution < -0.4 is 0 Å². The van der Waals surface area contributed by atoms with Crippen LogP contribution in [0.4, 0.5) is 0 Å². The fourth-order valence-electron chi connectivity index (χ4n) is 0.984. The summed E-state index contributed by atoms with van der Waals surface area (Å²) in [5.41, 5.74) is 0.912. The lowest BCUT2D eigenvalue weighted by atomic mass is 10.2. The summed E-state index contributed by atoms with van der Waals surface area (Å²) in [6.07, 6.45) is 0.185. The van der Waals surface area contributed by atoms with Crippen LogP contribution in [0.3, 0.4) is 0 Å². The highest BCUT2D eigenvalue weighted by molar-refractivity contribution is 14.1. The van der Waals surface area contributed by atoms with Crippen LogP contribution in [0.15, 0.2) is 24.3 Å². The van der Waals surface area contributed by atoms with E-state index in [1.807, 2.05) is 24.3 Å². The Bertz CT molecular complexity index is 374. The molecule has 0 saturated heterocycles. The van der Waals surface area contributed by atoms with E-state index in [9.17, 15) is 9.59 Å². The van der Waals surface area contributed by atoms with Gasteiger partial charge >= 0.3 is 5.97 Å². The molecule has 0 saturated carbocycles. The van der Waals surface area contributed by atoms with Crippen molar-refractivity contribution in [2.75, 3.05) is 0 Å². The highest BCUT2D eigenvalue weighted by Gasteiger charge is 2.12. The minimum absolute atomic E-state index is 0.156. The summed E-state index contributed by atoms with van der Waals surface area (Å²) in [5, 5.41) is 0. The number of hydrogen-bond acceptors (Lipinski definition) is 3. The quantitative estimate of drug-likeness (QED) is 0.486. The molecule has 80 valence electrons. The summed E-state index contributed by atoms with van der Waals surface area (Å²) < 4.78 is 5.89. The zero-order chi connectivity index (χ0) is 11.3. The molecule has 0 N–H and O–H groups in total. The Hall–Kier alpha value is -0.910. The first kappa shape index (κ1) is 12.2. The van der Waals surface area contributed by atoms with Gasteiger partial charge in [-0.15, -0.1) is 0 Å². The van der Waals surface area contributed by atoms with Crippen molar-refractivity contribution >= 4 is 34.3 Å². The van der Waals surface area contributed by atoms with Gasteiger partial charge in [-0.25, -0.2) is 4.79 Å². The lowest BCUT2D eigenvalue weighted by molar-refractivity contribution is -0.154. The molecule has 0 amide bonds. The number of halogens is 1. The first-order chi connectivity index (χ1) is 7.15. The minimum atomic E-state index is -0.753. The Morgan fingerprint density at radius 3 is 2.60 bits per heavy atom. The van der Waals surface area contributed by atoms with E-state index in [2.05, 4.69) is 22.6 Å². The summed E-state index contributed by atoms with van der Waals surface area (Å²) in [4.78, 5) is 22.0. The number of ether oxygens (including phenoxy) is 1. The lowest BCUT2D eigenvalue weighted by Crippen LogP contribution is -2.16. The van der Waals surface area contributed by atoms with Gasteiger partial charge in [0.05, 0.1) is 0 Å². The summed E-state index contributed by atoms with van der Waals surface area (Å²) in [5.74, 6) is -1.24. The van der Waals surface area contributed by atoms with Crippen LogP contribution in [0, 0.1) is 3.57 Å².